The van der Waals surface area contributed by atoms with Gasteiger partial charge in [-0.1, -0.05) is 6.07 Å². The maximum absolute atomic E-state index is 5.60. The fraction of sp³-hybridized carbons (Fsp3) is 0.409. The van der Waals surface area contributed by atoms with Crippen molar-refractivity contribution in [2.75, 3.05) is 32.8 Å². The summed E-state index contributed by atoms with van der Waals surface area (Å²) in [6.45, 7) is 10.1. The largest absolute Gasteiger partial charge is 0.494 e. The second-order valence-electron chi connectivity index (χ2n) is 7.13. The average Bonchev–Trinajstić information content (AvgIpc) is 2.86. The monoisotopic (exact) mass is 364 g/mol. The molecule has 1 saturated heterocycles. The summed E-state index contributed by atoms with van der Waals surface area (Å²) in [5.74, 6) is 0.904. The molecule has 3 heterocycles. The summed E-state index contributed by atoms with van der Waals surface area (Å²) in [5.41, 5.74) is 5.73. The lowest BCUT2D eigenvalue weighted by atomic mass is 10.1. The molecule has 1 fully saturated rings. The Balaban J connectivity index is 1.75. The summed E-state index contributed by atoms with van der Waals surface area (Å²) in [6.07, 6.45) is 3.33. The summed E-state index contributed by atoms with van der Waals surface area (Å²) in [7, 11) is 0. The molecule has 3 aromatic rings. The third-order valence-corrected chi connectivity index (χ3v) is 5.19. The normalized spacial score (nSPS) is 15.8. The van der Waals surface area contributed by atoms with Crippen LogP contribution in [0.25, 0.3) is 16.9 Å². The molecule has 5 heteroatoms. The molecule has 0 amide bonds. The van der Waals surface area contributed by atoms with Crippen molar-refractivity contribution in [3.05, 3.63) is 53.9 Å². The van der Waals surface area contributed by atoms with Crippen molar-refractivity contribution in [2.24, 2.45) is 0 Å². The summed E-state index contributed by atoms with van der Waals surface area (Å²) >= 11 is 0. The molecule has 2 aromatic heterocycles. The number of aryl methyl sites for hydroxylation is 1. The molecule has 0 saturated carbocycles. The first-order valence-electron chi connectivity index (χ1n) is 9.89. The minimum Gasteiger partial charge on any atom is -0.494 e. The van der Waals surface area contributed by atoms with E-state index >= 15 is 0 Å². The van der Waals surface area contributed by atoms with Crippen LogP contribution in [0.2, 0.25) is 0 Å². The van der Waals surface area contributed by atoms with E-state index < -0.39 is 0 Å². The topological polar surface area (TPSA) is 41.8 Å². The lowest BCUT2D eigenvalue weighted by Gasteiger charge is -2.20. The summed E-state index contributed by atoms with van der Waals surface area (Å²) in [6, 6.07) is 12.6. The zero-order valence-electron chi connectivity index (χ0n) is 16.2. The van der Waals surface area contributed by atoms with Crippen molar-refractivity contribution in [1.29, 1.82) is 0 Å². The fourth-order valence-electron chi connectivity index (χ4n) is 3.78. The summed E-state index contributed by atoms with van der Waals surface area (Å²) in [4.78, 5) is 7.56. The van der Waals surface area contributed by atoms with Crippen LogP contribution in [0.5, 0.6) is 5.75 Å². The van der Waals surface area contributed by atoms with Gasteiger partial charge in [0.2, 0.25) is 0 Å². The van der Waals surface area contributed by atoms with E-state index in [2.05, 4.69) is 52.0 Å². The number of ether oxygens (including phenoxy) is 1. The lowest BCUT2D eigenvalue weighted by Crippen LogP contribution is -2.28. The molecule has 4 rings (SSSR count). The highest BCUT2D eigenvalue weighted by atomic mass is 16.5. The Morgan fingerprint density at radius 1 is 1.11 bits per heavy atom. The van der Waals surface area contributed by atoms with Crippen molar-refractivity contribution >= 4 is 5.65 Å². The number of aromatic nitrogens is 2. The van der Waals surface area contributed by atoms with Crippen LogP contribution in [0.3, 0.4) is 0 Å². The van der Waals surface area contributed by atoms with Gasteiger partial charge in [0, 0.05) is 31.4 Å². The molecular formula is C22H28N4O. The standard InChI is InChI=1S/C22H28N4O/c1-3-27-19-9-7-18(8-10-19)21-20(16-25-13-5-11-23-12-15-25)26-14-4-6-17(2)22(26)24-21/h4,6-10,14,23H,3,5,11-13,15-16H2,1-2H3. The number of imidazole rings is 1. The van der Waals surface area contributed by atoms with Crippen LogP contribution in [0, 0.1) is 6.92 Å². The zero-order valence-corrected chi connectivity index (χ0v) is 16.2. The first-order chi connectivity index (χ1) is 13.3. The van der Waals surface area contributed by atoms with E-state index in [1.807, 2.05) is 19.1 Å². The van der Waals surface area contributed by atoms with Crippen LogP contribution in [0.4, 0.5) is 0 Å². The van der Waals surface area contributed by atoms with Gasteiger partial charge in [0.25, 0.3) is 0 Å². The van der Waals surface area contributed by atoms with Gasteiger partial charge in [-0.15, -0.1) is 0 Å². The van der Waals surface area contributed by atoms with Crippen LogP contribution in [0.15, 0.2) is 42.6 Å². The first kappa shape index (κ1) is 18.0. The molecule has 5 nitrogen and oxygen atoms in total. The molecule has 0 bridgehead atoms. The van der Waals surface area contributed by atoms with Gasteiger partial charge in [-0.3, -0.25) is 4.90 Å². The number of rotatable bonds is 5. The van der Waals surface area contributed by atoms with Crippen LogP contribution in [0.1, 0.15) is 24.6 Å². The zero-order chi connectivity index (χ0) is 18.6. The van der Waals surface area contributed by atoms with E-state index in [0.29, 0.717) is 6.61 Å². The smallest absolute Gasteiger partial charge is 0.140 e. The second kappa shape index (κ2) is 8.11. The predicted molar refractivity (Wildman–Crippen MR) is 109 cm³/mol. The highest BCUT2D eigenvalue weighted by molar-refractivity contribution is 5.68. The molecule has 27 heavy (non-hydrogen) atoms. The van der Waals surface area contributed by atoms with Crippen LogP contribution in [-0.2, 0) is 6.54 Å². The SMILES string of the molecule is CCOc1ccc(-c2nc3c(C)cccn3c2CN2CCCNCC2)cc1. The molecule has 0 aliphatic carbocycles. The number of pyridine rings is 1. The van der Waals surface area contributed by atoms with Gasteiger partial charge >= 0.3 is 0 Å². The molecule has 142 valence electrons. The summed E-state index contributed by atoms with van der Waals surface area (Å²) in [5, 5.41) is 3.49. The van der Waals surface area contributed by atoms with Crippen molar-refractivity contribution in [3.8, 4) is 17.0 Å². The molecule has 0 radical (unpaired) electrons. The Bertz CT molecular complexity index is 893. The predicted octanol–water partition coefficient (Wildman–Crippen LogP) is 3.50. The van der Waals surface area contributed by atoms with E-state index in [1.165, 1.54) is 17.7 Å². The van der Waals surface area contributed by atoms with Crippen LogP contribution < -0.4 is 10.1 Å². The van der Waals surface area contributed by atoms with Gasteiger partial charge in [-0.2, -0.15) is 0 Å². The molecule has 1 aliphatic heterocycles. The fourth-order valence-corrected chi connectivity index (χ4v) is 3.78. The van der Waals surface area contributed by atoms with E-state index in [-0.39, 0.29) is 0 Å². The molecule has 1 N–H and O–H groups in total. The number of nitrogens with one attached hydrogen (secondary N) is 1. The summed E-state index contributed by atoms with van der Waals surface area (Å²) < 4.78 is 7.86. The Hall–Kier alpha value is -2.37. The third kappa shape index (κ3) is 3.84. The average molecular weight is 364 g/mol. The highest BCUT2D eigenvalue weighted by Gasteiger charge is 2.19. The second-order valence-corrected chi connectivity index (χ2v) is 7.13. The number of benzene rings is 1. The minimum absolute atomic E-state index is 0.682. The van der Waals surface area contributed by atoms with Crippen molar-refractivity contribution < 1.29 is 4.74 Å². The van der Waals surface area contributed by atoms with Gasteiger partial charge < -0.3 is 14.5 Å². The number of hydrogen-bond acceptors (Lipinski definition) is 4. The number of nitrogens with zero attached hydrogens (tertiary/aromatic N) is 3. The molecule has 0 spiro atoms. The van der Waals surface area contributed by atoms with Crippen LogP contribution >= 0.6 is 0 Å². The molecular weight excluding hydrogens is 336 g/mol. The molecule has 0 unspecified atom stereocenters. The van der Waals surface area contributed by atoms with Crippen molar-refractivity contribution in [3.63, 3.8) is 0 Å². The van der Waals surface area contributed by atoms with Gasteiger partial charge in [0.05, 0.1) is 18.0 Å². The van der Waals surface area contributed by atoms with Gasteiger partial charge in [-0.05, 0) is 69.3 Å². The first-order valence-corrected chi connectivity index (χ1v) is 9.89. The highest BCUT2D eigenvalue weighted by Crippen LogP contribution is 2.28. The van der Waals surface area contributed by atoms with Gasteiger partial charge in [0.1, 0.15) is 11.4 Å². The van der Waals surface area contributed by atoms with E-state index in [0.717, 1.165) is 55.4 Å². The molecule has 1 aliphatic rings. The van der Waals surface area contributed by atoms with E-state index in [9.17, 15) is 0 Å². The third-order valence-electron chi connectivity index (χ3n) is 5.19. The lowest BCUT2D eigenvalue weighted by molar-refractivity contribution is 0.281. The van der Waals surface area contributed by atoms with Gasteiger partial charge in [-0.25, -0.2) is 4.98 Å². The Labute approximate surface area is 161 Å². The van der Waals surface area contributed by atoms with Crippen LogP contribution in [-0.4, -0.2) is 47.1 Å². The number of fused-ring (bicyclic) bond motifs is 1. The van der Waals surface area contributed by atoms with E-state index in [1.54, 1.807) is 0 Å². The van der Waals surface area contributed by atoms with E-state index in [4.69, 9.17) is 9.72 Å². The maximum atomic E-state index is 5.60. The Morgan fingerprint density at radius 3 is 2.78 bits per heavy atom. The quantitative estimate of drug-likeness (QED) is 0.752. The number of hydrogen-bond donors (Lipinski definition) is 1. The maximum Gasteiger partial charge on any atom is 0.140 e. The molecule has 0 atom stereocenters. The minimum atomic E-state index is 0.682. The Kier molecular flexibility index (Phi) is 5.41. The van der Waals surface area contributed by atoms with Gasteiger partial charge in [0.15, 0.2) is 0 Å². The van der Waals surface area contributed by atoms with Crippen molar-refractivity contribution in [2.45, 2.75) is 26.8 Å². The Morgan fingerprint density at radius 2 is 1.96 bits per heavy atom. The van der Waals surface area contributed by atoms with Crippen molar-refractivity contribution in [1.82, 2.24) is 19.6 Å². The molecule has 1 aromatic carbocycles.